The zero-order valence-corrected chi connectivity index (χ0v) is 10.6. The van der Waals surface area contributed by atoms with Crippen molar-refractivity contribution in [1.29, 1.82) is 0 Å². The molecule has 0 amide bonds. The minimum absolute atomic E-state index is 0.0620. The van der Waals surface area contributed by atoms with Gasteiger partial charge in [0.05, 0.1) is 11.7 Å². The second-order valence-electron chi connectivity index (χ2n) is 4.51. The van der Waals surface area contributed by atoms with Crippen molar-refractivity contribution in [1.82, 2.24) is 15.5 Å². The van der Waals surface area contributed by atoms with Crippen molar-refractivity contribution in [3.63, 3.8) is 0 Å². The molecular formula is C14H13F2N3O. The van der Waals surface area contributed by atoms with Crippen molar-refractivity contribution < 1.29 is 13.5 Å². The molecule has 0 saturated carbocycles. The predicted molar refractivity (Wildman–Crippen MR) is 68.7 cm³/mol. The highest BCUT2D eigenvalue weighted by Crippen LogP contribution is 2.27. The smallest absolute Gasteiger partial charge is 0.388 e. The summed E-state index contributed by atoms with van der Waals surface area (Å²) in [5.74, 6) is -0.173. The summed E-state index contributed by atoms with van der Waals surface area (Å²) in [6.45, 7) is -2.04. The summed E-state index contributed by atoms with van der Waals surface area (Å²) >= 11 is 0. The zero-order chi connectivity index (χ0) is 13.9. The van der Waals surface area contributed by atoms with Crippen LogP contribution < -0.4 is 10.1 Å². The molecule has 0 bridgehead atoms. The minimum atomic E-state index is -2.89. The number of fused-ring (bicyclic) bond motifs is 1. The fourth-order valence-electron chi connectivity index (χ4n) is 2.41. The average Bonchev–Trinajstić information content (AvgIpc) is 2.47. The summed E-state index contributed by atoms with van der Waals surface area (Å²) in [4.78, 5) is 0. The molecule has 1 aliphatic heterocycles. The molecule has 0 saturated heterocycles. The number of hydrogen-bond donors (Lipinski definition) is 1. The van der Waals surface area contributed by atoms with Crippen molar-refractivity contribution in [3.8, 4) is 5.88 Å². The Labute approximate surface area is 114 Å². The van der Waals surface area contributed by atoms with Crippen LogP contribution in [-0.4, -0.2) is 23.4 Å². The molecule has 2 heterocycles. The molecule has 1 atom stereocenters. The van der Waals surface area contributed by atoms with Crippen molar-refractivity contribution >= 4 is 0 Å². The van der Waals surface area contributed by atoms with Gasteiger partial charge in [0.15, 0.2) is 0 Å². The van der Waals surface area contributed by atoms with Crippen LogP contribution in [0.1, 0.15) is 22.9 Å². The summed E-state index contributed by atoms with van der Waals surface area (Å²) in [5.41, 5.74) is 3.11. The topological polar surface area (TPSA) is 47.0 Å². The number of nitrogens with zero attached hydrogens (tertiary/aromatic N) is 2. The van der Waals surface area contributed by atoms with E-state index in [1.54, 1.807) is 6.07 Å². The van der Waals surface area contributed by atoms with E-state index in [1.165, 1.54) is 11.6 Å². The van der Waals surface area contributed by atoms with Gasteiger partial charge in [0, 0.05) is 12.6 Å². The standard InChI is InChI=1S/C14H13F2N3O/c15-14(16)20-12-6-5-11(18-19-12)13-10-4-2-1-3-9(10)7-8-17-13/h1-6,13-14,17H,7-8H2. The first kappa shape index (κ1) is 12.9. The fourth-order valence-corrected chi connectivity index (χ4v) is 2.41. The van der Waals surface area contributed by atoms with Gasteiger partial charge in [0.25, 0.3) is 0 Å². The number of nitrogens with one attached hydrogen (secondary N) is 1. The van der Waals surface area contributed by atoms with Crippen molar-refractivity contribution in [2.45, 2.75) is 19.1 Å². The molecule has 1 N–H and O–H groups in total. The van der Waals surface area contributed by atoms with Crippen molar-refractivity contribution in [2.24, 2.45) is 0 Å². The van der Waals surface area contributed by atoms with Crippen LogP contribution in [0.25, 0.3) is 0 Å². The second-order valence-corrected chi connectivity index (χ2v) is 4.51. The van der Waals surface area contributed by atoms with Crippen LogP contribution in [-0.2, 0) is 6.42 Å². The van der Waals surface area contributed by atoms with Crippen LogP contribution in [0.2, 0.25) is 0 Å². The van der Waals surface area contributed by atoms with E-state index in [0.29, 0.717) is 5.69 Å². The molecule has 0 spiro atoms. The van der Waals surface area contributed by atoms with E-state index in [1.807, 2.05) is 18.2 Å². The highest BCUT2D eigenvalue weighted by Gasteiger charge is 2.22. The third-order valence-corrected chi connectivity index (χ3v) is 3.28. The maximum absolute atomic E-state index is 12.1. The first-order chi connectivity index (χ1) is 9.74. The normalized spacial score (nSPS) is 17.9. The molecule has 104 valence electrons. The second kappa shape index (κ2) is 5.50. The lowest BCUT2D eigenvalue weighted by molar-refractivity contribution is -0.0534. The van der Waals surface area contributed by atoms with Crippen molar-refractivity contribution in [3.05, 3.63) is 53.2 Å². The minimum Gasteiger partial charge on any atom is -0.415 e. The van der Waals surface area contributed by atoms with Crippen LogP contribution in [0.5, 0.6) is 5.88 Å². The van der Waals surface area contributed by atoms with Gasteiger partial charge in [-0.3, -0.25) is 0 Å². The molecule has 4 nitrogen and oxygen atoms in total. The number of benzene rings is 1. The molecule has 1 aromatic carbocycles. The van der Waals surface area contributed by atoms with Crippen molar-refractivity contribution in [2.75, 3.05) is 6.54 Å². The molecule has 0 fully saturated rings. The van der Waals surface area contributed by atoms with E-state index in [0.717, 1.165) is 18.5 Å². The van der Waals surface area contributed by atoms with E-state index in [2.05, 4.69) is 26.3 Å². The molecule has 0 radical (unpaired) electrons. The zero-order valence-electron chi connectivity index (χ0n) is 10.6. The first-order valence-electron chi connectivity index (χ1n) is 6.33. The van der Waals surface area contributed by atoms with Gasteiger partial charge < -0.3 is 10.1 Å². The lowest BCUT2D eigenvalue weighted by Gasteiger charge is -2.26. The van der Waals surface area contributed by atoms with Gasteiger partial charge >= 0.3 is 6.61 Å². The summed E-state index contributed by atoms with van der Waals surface area (Å²) in [6, 6.07) is 11.1. The Morgan fingerprint density at radius 1 is 1.15 bits per heavy atom. The Hall–Kier alpha value is -2.08. The Bertz CT molecular complexity index is 589. The molecule has 3 rings (SSSR count). The number of rotatable bonds is 3. The van der Waals surface area contributed by atoms with Crippen LogP contribution in [0, 0.1) is 0 Å². The molecule has 0 aliphatic carbocycles. The van der Waals surface area contributed by atoms with E-state index in [9.17, 15) is 8.78 Å². The third-order valence-electron chi connectivity index (χ3n) is 3.28. The summed E-state index contributed by atoms with van der Waals surface area (Å²) in [7, 11) is 0. The van der Waals surface area contributed by atoms with Gasteiger partial charge in [-0.2, -0.15) is 8.78 Å². The monoisotopic (exact) mass is 277 g/mol. The van der Waals surface area contributed by atoms with Gasteiger partial charge in [-0.05, 0) is 23.6 Å². The molecular weight excluding hydrogens is 264 g/mol. The molecule has 1 aromatic heterocycles. The molecule has 2 aromatic rings. The van der Waals surface area contributed by atoms with Crippen LogP contribution >= 0.6 is 0 Å². The van der Waals surface area contributed by atoms with E-state index in [4.69, 9.17) is 0 Å². The number of hydrogen-bond acceptors (Lipinski definition) is 4. The fraction of sp³-hybridized carbons (Fsp3) is 0.286. The maximum atomic E-state index is 12.1. The lowest BCUT2D eigenvalue weighted by atomic mass is 9.92. The van der Waals surface area contributed by atoms with Gasteiger partial charge in [0.1, 0.15) is 0 Å². The third kappa shape index (κ3) is 2.60. The van der Waals surface area contributed by atoms with Gasteiger partial charge in [-0.15, -0.1) is 10.2 Å². The molecule has 6 heteroatoms. The summed E-state index contributed by atoms with van der Waals surface area (Å²) in [5, 5.41) is 11.0. The molecule has 1 aliphatic rings. The van der Waals surface area contributed by atoms with Gasteiger partial charge in [-0.25, -0.2) is 0 Å². The van der Waals surface area contributed by atoms with Gasteiger partial charge in [0.2, 0.25) is 5.88 Å². The van der Waals surface area contributed by atoms with E-state index in [-0.39, 0.29) is 11.9 Å². The Balaban J connectivity index is 1.87. The van der Waals surface area contributed by atoms with E-state index < -0.39 is 6.61 Å². The van der Waals surface area contributed by atoms with Gasteiger partial charge in [-0.1, -0.05) is 24.3 Å². The Morgan fingerprint density at radius 3 is 2.75 bits per heavy atom. The highest BCUT2D eigenvalue weighted by atomic mass is 19.3. The lowest BCUT2D eigenvalue weighted by Crippen LogP contribution is -2.31. The highest BCUT2D eigenvalue weighted by molar-refractivity contribution is 5.37. The van der Waals surface area contributed by atoms with E-state index >= 15 is 0 Å². The van der Waals surface area contributed by atoms with Crippen LogP contribution in [0.3, 0.4) is 0 Å². The molecule has 20 heavy (non-hydrogen) atoms. The van der Waals surface area contributed by atoms with Crippen LogP contribution in [0.15, 0.2) is 36.4 Å². The largest absolute Gasteiger partial charge is 0.415 e. The Kier molecular flexibility index (Phi) is 3.56. The quantitative estimate of drug-likeness (QED) is 0.935. The number of aromatic nitrogens is 2. The number of ether oxygens (including phenoxy) is 1. The summed E-state index contributed by atoms with van der Waals surface area (Å²) in [6.07, 6.45) is 0.965. The Morgan fingerprint density at radius 2 is 2.00 bits per heavy atom. The summed E-state index contributed by atoms with van der Waals surface area (Å²) < 4.78 is 28.3. The van der Waals surface area contributed by atoms with Crippen LogP contribution in [0.4, 0.5) is 8.78 Å². The predicted octanol–water partition coefficient (Wildman–Crippen LogP) is 2.31. The SMILES string of the molecule is FC(F)Oc1ccc(C2NCCc3ccccc32)nn1. The first-order valence-corrected chi connectivity index (χ1v) is 6.33. The molecule has 1 unspecified atom stereocenters. The number of alkyl halides is 2. The number of halogens is 2. The average molecular weight is 277 g/mol. The maximum Gasteiger partial charge on any atom is 0.388 e.